The summed E-state index contributed by atoms with van der Waals surface area (Å²) in [5, 5.41) is 11.3. The van der Waals surface area contributed by atoms with Gasteiger partial charge in [-0.1, -0.05) is 29.8 Å². The molecule has 1 fully saturated rings. The maximum absolute atomic E-state index is 12.7. The summed E-state index contributed by atoms with van der Waals surface area (Å²) in [5.41, 5.74) is 1.41. The molecule has 6 heteroatoms. The minimum Gasteiger partial charge on any atom is -0.369 e. The van der Waals surface area contributed by atoms with Crippen LogP contribution in [0.5, 0.6) is 0 Å². The third-order valence-corrected chi connectivity index (χ3v) is 5.15. The molecule has 23 heavy (non-hydrogen) atoms. The van der Waals surface area contributed by atoms with Gasteiger partial charge in [-0.3, -0.25) is 4.79 Å². The number of ether oxygens (including phenoxy) is 1. The lowest BCUT2D eigenvalue weighted by Crippen LogP contribution is -2.48. The van der Waals surface area contributed by atoms with E-state index in [9.17, 15) is 4.79 Å². The zero-order valence-electron chi connectivity index (χ0n) is 12.5. The molecule has 118 valence electrons. The third-order valence-electron chi connectivity index (χ3n) is 3.89. The van der Waals surface area contributed by atoms with Crippen LogP contribution in [-0.4, -0.2) is 30.0 Å². The number of morpholine rings is 1. The van der Waals surface area contributed by atoms with Crippen LogP contribution in [0.25, 0.3) is 0 Å². The number of hydrogen-bond acceptors (Lipinski definition) is 4. The van der Waals surface area contributed by atoms with E-state index in [0.29, 0.717) is 28.6 Å². The Balaban J connectivity index is 1.82. The second-order valence-electron chi connectivity index (χ2n) is 5.46. The van der Waals surface area contributed by atoms with Gasteiger partial charge in [0.15, 0.2) is 0 Å². The van der Waals surface area contributed by atoms with E-state index in [4.69, 9.17) is 21.6 Å². The number of rotatable bonds is 2. The van der Waals surface area contributed by atoms with Crippen molar-refractivity contribution in [2.45, 2.75) is 19.1 Å². The number of carbonyl (C=O) groups is 1. The zero-order chi connectivity index (χ0) is 16.4. The van der Waals surface area contributed by atoms with Gasteiger partial charge in [-0.15, -0.1) is 11.3 Å². The van der Waals surface area contributed by atoms with E-state index >= 15 is 0 Å². The van der Waals surface area contributed by atoms with E-state index in [1.54, 1.807) is 16.3 Å². The number of nitrogens with zero attached hydrogens (tertiary/aromatic N) is 2. The SMILES string of the molecule is CC1COC(c2ccccc2Cl)CN1C(=O)c1cc(C#N)cs1. The van der Waals surface area contributed by atoms with Crippen LogP contribution in [-0.2, 0) is 4.74 Å². The van der Waals surface area contributed by atoms with Crippen LogP contribution in [0.2, 0.25) is 5.02 Å². The minimum absolute atomic E-state index is 0.0196. The van der Waals surface area contributed by atoms with E-state index < -0.39 is 0 Å². The number of nitriles is 1. The Morgan fingerprint density at radius 3 is 2.96 bits per heavy atom. The first kappa shape index (κ1) is 16.0. The molecule has 0 aliphatic carbocycles. The van der Waals surface area contributed by atoms with Crippen molar-refractivity contribution in [2.24, 2.45) is 0 Å². The lowest BCUT2D eigenvalue weighted by atomic mass is 10.1. The van der Waals surface area contributed by atoms with Crippen LogP contribution in [0.4, 0.5) is 0 Å². The van der Waals surface area contributed by atoms with Gasteiger partial charge < -0.3 is 9.64 Å². The number of carbonyl (C=O) groups excluding carboxylic acids is 1. The molecule has 0 N–H and O–H groups in total. The summed E-state index contributed by atoms with van der Waals surface area (Å²) in [5.74, 6) is -0.0654. The van der Waals surface area contributed by atoms with Crippen LogP contribution >= 0.6 is 22.9 Å². The molecular weight excluding hydrogens is 332 g/mol. The Bertz CT molecular complexity index is 768. The van der Waals surface area contributed by atoms with Gasteiger partial charge in [0.25, 0.3) is 5.91 Å². The quantitative estimate of drug-likeness (QED) is 0.829. The highest BCUT2D eigenvalue weighted by Crippen LogP contribution is 2.31. The summed E-state index contributed by atoms with van der Waals surface area (Å²) >= 11 is 7.54. The summed E-state index contributed by atoms with van der Waals surface area (Å²) in [7, 11) is 0. The normalized spacial score (nSPS) is 21.0. The van der Waals surface area contributed by atoms with Gasteiger partial charge in [0.2, 0.25) is 0 Å². The number of halogens is 1. The first-order chi connectivity index (χ1) is 11.1. The van der Waals surface area contributed by atoms with Gasteiger partial charge in [0.05, 0.1) is 29.6 Å². The van der Waals surface area contributed by atoms with Crippen LogP contribution in [0, 0.1) is 11.3 Å². The standard InChI is InChI=1S/C17H15ClN2O2S/c1-11-9-22-15(13-4-2-3-5-14(13)18)8-20(11)17(21)16-6-12(7-19)10-23-16/h2-6,10-11,15H,8-9H2,1H3. The Hall–Kier alpha value is -1.87. The van der Waals surface area contributed by atoms with Crippen molar-refractivity contribution < 1.29 is 9.53 Å². The second-order valence-corrected chi connectivity index (χ2v) is 6.78. The molecule has 0 spiro atoms. The molecule has 1 saturated heterocycles. The molecule has 1 aromatic heterocycles. The largest absolute Gasteiger partial charge is 0.369 e. The summed E-state index contributed by atoms with van der Waals surface area (Å²) in [6, 6.07) is 11.2. The highest BCUT2D eigenvalue weighted by atomic mass is 35.5. The Kier molecular flexibility index (Phi) is 4.67. The van der Waals surface area contributed by atoms with Crippen LogP contribution in [0.15, 0.2) is 35.7 Å². The van der Waals surface area contributed by atoms with Crippen molar-refractivity contribution in [1.82, 2.24) is 4.90 Å². The van der Waals surface area contributed by atoms with Gasteiger partial charge in [0, 0.05) is 16.0 Å². The summed E-state index contributed by atoms with van der Waals surface area (Å²) < 4.78 is 5.87. The molecule has 2 heterocycles. The zero-order valence-corrected chi connectivity index (χ0v) is 14.1. The van der Waals surface area contributed by atoms with Crippen molar-refractivity contribution in [1.29, 1.82) is 5.26 Å². The molecule has 2 aromatic rings. The molecule has 0 saturated carbocycles. The molecule has 0 bridgehead atoms. The predicted octanol–water partition coefficient (Wildman–Crippen LogP) is 3.88. The molecule has 4 nitrogen and oxygen atoms in total. The topological polar surface area (TPSA) is 53.3 Å². The summed E-state index contributed by atoms with van der Waals surface area (Å²) in [6.07, 6.45) is -0.237. The molecule has 1 aliphatic rings. The van der Waals surface area contributed by atoms with Crippen LogP contribution < -0.4 is 0 Å². The number of benzene rings is 1. The summed E-state index contributed by atoms with van der Waals surface area (Å²) in [4.78, 5) is 15.1. The predicted molar refractivity (Wildman–Crippen MR) is 89.7 cm³/mol. The van der Waals surface area contributed by atoms with Crippen LogP contribution in [0.3, 0.4) is 0 Å². The number of amides is 1. The molecule has 1 aromatic carbocycles. The fourth-order valence-corrected chi connectivity index (χ4v) is 3.66. The monoisotopic (exact) mass is 346 g/mol. The first-order valence-corrected chi connectivity index (χ1v) is 8.51. The minimum atomic E-state index is -0.237. The Morgan fingerprint density at radius 1 is 1.48 bits per heavy atom. The van der Waals surface area contributed by atoms with Crippen molar-refractivity contribution in [3.05, 3.63) is 56.7 Å². The fraction of sp³-hybridized carbons (Fsp3) is 0.294. The summed E-state index contributed by atoms with van der Waals surface area (Å²) in [6.45, 7) is 2.86. The number of hydrogen-bond donors (Lipinski definition) is 0. The molecule has 2 unspecified atom stereocenters. The van der Waals surface area contributed by atoms with Gasteiger partial charge in [-0.25, -0.2) is 0 Å². The molecule has 2 atom stereocenters. The van der Waals surface area contributed by atoms with E-state index in [1.807, 2.05) is 31.2 Å². The van der Waals surface area contributed by atoms with Crippen molar-refractivity contribution in [3.8, 4) is 6.07 Å². The highest BCUT2D eigenvalue weighted by molar-refractivity contribution is 7.12. The average molecular weight is 347 g/mol. The highest BCUT2D eigenvalue weighted by Gasteiger charge is 2.32. The van der Waals surface area contributed by atoms with Crippen molar-refractivity contribution in [2.75, 3.05) is 13.2 Å². The first-order valence-electron chi connectivity index (χ1n) is 7.25. The third kappa shape index (κ3) is 3.25. The second kappa shape index (κ2) is 6.71. The average Bonchev–Trinajstić information content (AvgIpc) is 3.04. The molecular formula is C17H15ClN2O2S. The van der Waals surface area contributed by atoms with Gasteiger partial charge >= 0.3 is 0 Å². The van der Waals surface area contributed by atoms with E-state index in [1.165, 1.54) is 11.3 Å². The maximum Gasteiger partial charge on any atom is 0.264 e. The van der Waals surface area contributed by atoms with Crippen LogP contribution in [0.1, 0.15) is 33.8 Å². The number of thiophene rings is 1. The maximum atomic E-state index is 12.7. The van der Waals surface area contributed by atoms with Gasteiger partial charge in [-0.2, -0.15) is 5.26 Å². The molecule has 3 rings (SSSR count). The lowest BCUT2D eigenvalue weighted by Gasteiger charge is -2.38. The Labute approximate surface area is 143 Å². The lowest BCUT2D eigenvalue weighted by molar-refractivity contribution is -0.0484. The van der Waals surface area contributed by atoms with E-state index in [-0.39, 0.29) is 18.1 Å². The fourth-order valence-electron chi connectivity index (χ4n) is 2.61. The smallest absolute Gasteiger partial charge is 0.264 e. The molecule has 1 amide bonds. The van der Waals surface area contributed by atoms with Crippen molar-refractivity contribution in [3.63, 3.8) is 0 Å². The van der Waals surface area contributed by atoms with Gasteiger partial charge in [0.1, 0.15) is 12.2 Å². The molecule has 0 radical (unpaired) electrons. The van der Waals surface area contributed by atoms with Gasteiger partial charge in [-0.05, 0) is 19.1 Å². The molecule has 1 aliphatic heterocycles. The Morgan fingerprint density at radius 2 is 2.26 bits per heavy atom. The van der Waals surface area contributed by atoms with E-state index in [2.05, 4.69) is 6.07 Å². The van der Waals surface area contributed by atoms with E-state index in [0.717, 1.165) is 5.56 Å². The van der Waals surface area contributed by atoms with Crippen molar-refractivity contribution >= 4 is 28.8 Å².